The first-order valence-corrected chi connectivity index (χ1v) is 12.2. The molecule has 37 heavy (non-hydrogen) atoms. The largest absolute Gasteiger partial charge is 0.481 e. The molecule has 9 heteroatoms. The number of aliphatic carboxylic acids is 1. The molecule has 1 saturated heterocycles. The molecule has 1 atom stereocenters. The standard InChI is InChI=1S/C28H31N5O4/c1-19-5-7-20(8-6-19)24(17-26(34)35)31-27(36)21-9-10-25(23(29)16-21)32-12-3-13-33(15-14-32)28(37)22-4-2-11-30-18-22/h2,4-11,16,18,24H,3,12-15,17,29H2,1H3,(H,31,36)(H,34,35). The average Bonchev–Trinajstić information content (AvgIpc) is 3.15. The van der Waals surface area contributed by atoms with Gasteiger partial charge in [0.15, 0.2) is 0 Å². The molecule has 9 nitrogen and oxygen atoms in total. The van der Waals surface area contributed by atoms with Gasteiger partial charge in [0.1, 0.15) is 0 Å². The van der Waals surface area contributed by atoms with Crippen LogP contribution in [-0.4, -0.2) is 59.0 Å². The molecule has 2 aromatic carbocycles. The highest BCUT2D eigenvalue weighted by Gasteiger charge is 2.23. The normalized spacial score (nSPS) is 14.5. The Balaban J connectivity index is 1.44. The highest BCUT2D eigenvalue weighted by molar-refractivity contribution is 5.97. The molecular weight excluding hydrogens is 470 g/mol. The molecule has 192 valence electrons. The Kier molecular flexibility index (Phi) is 8.02. The molecule has 1 aliphatic rings. The maximum Gasteiger partial charge on any atom is 0.305 e. The third kappa shape index (κ3) is 6.43. The molecule has 0 bridgehead atoms. The van der Waals surface area contributed by atoms with Gasteiger partial charge >= 0.3 is 5.97 Å². The molecule has 2 heterocycles. The van der Waals surface area contributed by atoms with E-state index in [-0.39, 0.29) is 12.3 Å². The minimum Gasteiger partial charge on any atom is -0.481 e. The van der Waals surface area contributed by atoms with Gasteiger partial charge in [-0.3, -0.25) is 19.4 Å². The summed E-state index contributed by atoms with van der Waals surface area (Å²) in [4.78, 5) is 45.2. The number of rotatable bonds is 7. The second kappa shape index (κ2) is 11.6. The lowest BCUT2D eigenvalue weighted by Gasteiger charge is -2.25. The second-order valence-corrected chi connectivity index (χ2v) is 9.18. The summed E-state index contributed by atoms with van der Waals surface area (Å²) in [7, 11) is 0. The number of pyridine rings is 1. The van der Waals surface area contributed by atoms with Crippen molar-refractivity contribution in [2.24, 2.45) is 0 Å². The van der Waals surface area contributed by atoms with E-state index in [4.69, 9.17) is 5.73 Å². The van der Waals surface area contributed by atoms with Crippen LogP contribution in [0.3, 0.4) is 0 Å². The first-order chi connectivity index (χ1) is 17.8. The number of hydrogen-bond acceptors (Lipinski definition) is 6. The minimum atomic E-state index is -1.00. The van der Waals surface area contributed by atoms with E-state index in [9.17, 15) is 19.5 Å². The number of benzene rings is 2. The summed E-state index contributed by atoms with van der Waals surface area (Å²) >= 11 is 0. The zero-order valence-electron chi connectivity index (χ0n) is 20.8. The zero-order valence-corrected chi connectivity index (χ0v) is 20.8. The van der Waals surface area contributed by atoms with Gasteiger partial charge in [0, 0.05) is 44.1 Å². The molecule has 0 spiro atoms. The molecule has 1 aliphatic heterocycles. The predicted octanol–water partition coefficient (Wildman–Crippen LogP) is 3.27. The van der Waals surface area contributed by atoms with E-state index >= 15 is 0 Å². The molecule has 1 unspecified atom stereocenters. The van der Waals surface area contributed by atoms with Crippen LogP contribution in [0.5, 0.6) is 0 Å². The smallest absolute Gasteiger partial charge is 0.305 e. The van der Waals surface area contributed by atoms with Crippen LogP contribution in [0.25, 0.3) is 0 Å². The van der Waals surface area contributed by atoms with E-state index in [1.165, 1.54) is 0 Å². The maximum absolute atomic E-state index is 13.0. The van der Waals surface area contributed by atoms with E-state index in [1.807, 2.05) is 36.1 Å². The number of carbonyl (C=O) groups excluding carboxylic acids is 2. The number of nitrogen functional groups attached to an aromatic ring is 1. The van der Waals surface area contributed by atoms with Crippen LogP contribution in [0.2, 0.25) is 0 Å². The van der Waals surface area contributed by atoms with Crippen LogP contribution in [0.15, 0.2) is 67.0 Å². The highest BCUT2D eigenvalue weighted by atomic mass is 16.4. The van der Waals surface area contributed by atoms with Gasteiger partial charge in [0.2, 0.25) is 0 Å². The van der Waals surface area contributed by atoms with E-state index in [0.717, 1.165) is 29.8 Å². The summed E-state index contributed by atoms with van der Waals surface area (Å²) in [5.41, 5.74) is 10.3. The van der Waals surface area contributed by atoms with Gasteiger partial charge in [0.05, 0.1) is 29.4 Å². The number of aryl methyl sites for hydroxylation is 1. The predicted molar refractivity (Wildman–Crippen MR) is 141 cm³/mol. The van der Waals surface area contributed by atoms with Crippen molar-refractivity contribution in [1.29, 1.82) is 0 Å². The van der Waals surface area contributed by atoms with E-state index in [2.05, 4.69) is 15.2 Å². The molecule has 1 fully saturated rings. The monoisotopic (exact) mass is 501 g/mol. The fourth-order valence-corrected chi connectivity index (χ4v) is 4.48. The van der Waals surface area contributed by atoms with Crippen molar-refractivity contribution in [3.05, 3.63) is 89.2 Å². The molecular formula is C28H31N5O4. The minimum absolute atomic E-state index is 0.0422. The lowest BCUT2D eigenvalue weighted by Crippen LogP contribution is -2.35. The average molecular weight is 502 g/mol. The fraction of sp³-hybridized carbons (Fsp3) is 0.286. The van der Waals surface area contributed by atoms with Crippen LogP contribution >= 0.6 is 0 Å². The van der Waals surface area contributed by atoms with Gasteiger partial charge in [-0.1, -0.05) is 29.8 Å². The number of amides is 2. The number of anilines is 2. The first-order valence-electron chi connectivity index (χ1n) is 12.2. The van der Waals surface area contributed by atoms with Gasteiger partial charge in [-0.15, -0.1) is 0 Å². The molecule has 2 amide bonds. The summed E-state index contributed by atoms with van der Waals surface area (Å²) in [5.74, 6) is -1.44. The molecule has 0 radical (unpaired) electrons. The topological polar surface area (TPSA) is 129 Å². The van der Waals surface area contributed by atoms with Gasteiger partial charge in [-0.25, -0.2) is 0 Å². The van der Waals surface area contributed by atoms with Crippen LogP contribution in [0.4, 0.5) is 11.4 Å². The summed E-state index contributed by atoms with van der Waals surface area (Å²) < 4.78 is 0. The van der Waals surface area contributed by atoms with Gasteiger partial charge in [-0.2, -0.15) is 0 Å². The summed E-state index contributed by atoms with van der Waals surface area (Å²) in [6.45, 7) is 4.45. The third-order valence-corrected chi connectivity index (χ3v) is 6.49. The molecule has 4 rings (SSSR count). The number of aromatic nitrogens is 1. The fourth-order valence-electron chi connectivity index (χ4n) is 4.48. The number of nitrogens with two attached hydrogens (primary N) is 1. The molecule has 4 N–H and O–H groups in total. The van der Waals surface area contributed by atoms with Crippen molar-refractivity contribution in [1.82, 2.24) is 15.2 Å². The third-order valence-electron chi connectivity index (χ3n) is 6.49. The van der Waals surface area contributed by atoms with Crippen molar-refractivity contribution in [3.8, 4) is 0 Å². The van der Waals surface area contributed by atoms with Gasteiger partial charge in [0.25, 0.3) is 11.8 Å². The Morgan fingerprint density at radius 1 is 1.03 bits per heavy atom. The van der Waals surface area contributed by atoms with E-state index in [1.54, 1.807) is 42.7 Å². The summed E-state index contributed by atoms with van der Waals surface area (Å²) in [6.07, 6.45) is 3.76. The van der Waals surface area contributed by atoms with E-state index < -0.39 is 17.9 Å². The molecule has 0 saturated carbocycles. The van der Waals surface area contributed by atoms with E-state index in [0.29, 0.717) is 36.4 Å². The van der Waals surface area contributed by atoms with Crippen molar-refractivity contribution < 1.29 is 19.5 Å². The lowest BCUT2D eigenvalue weighted by molar-refractivity contribution is -0.137. The number of nitrogens with zero attached hydrogens (tertiary/aromatic N) is 3. The van der Waals surface area contributed by atoms with Gasteiger partial charge in [-0.05, 0) is 49.2 Å². The summed E-state index contributed by atoms with van der Waals surface area (Å²) in [5, 5.41) is 12.2. The number of nitrogens with one attached hydrogen (secondary N) is 1. The van der Waals surface area contributed by atoms with Crippen LogP contribution in [0.1, 0.15) is 50.7 Å². The lowest BCUT2D eigenvalue weighted by atomic mass is 10.0. The second-order valence-electron chi connectivity index (χ2n) is 9.18. The van der Waals surface area contributed by atoms with Gasteiger partial charge < -0.3 is 26.0 Å². The number of carbonyl (C=O) groups is 3. The molecule has 3 aromatic rings. The van der Waals surface area contributed by atoms with Crippen LogP contribution < -0.4 is 16.0 Å². The van der Waals surface area contributed by atoms with Crippen molar-refractivity contribution in [3.63, 3.8) is 0 Å². The van der Waals surface area contributed by atoms with Crippen LogP contribution in [0, 0.1) is 6.92 Å². The number of hydrogen-bond donors (Lipinski definition) is 3. The Bertz CT molecular complexity index is 1260. The number of carboxylic acid groups (broad SMARTS) is 1. The highest BCUT2D eigenvalue weighted by Crippen LogP contribution is 2.27. The first kappa shape index (κ1) is 25.7. The summed E-state index contributed by atoms with van der Waals surface area (Å²) in [6, 6.07) is 15.4. The quantitative estimate of drug-likeness (QED) is 0.424. The van der Waals surface area contributed by atoms with Crippen LogP contribution in [-0.2, 0) is 4.79 Å². The number of carboxylic acids is 1. The SMILES string of the molecule is Cc1ccc(C(CC(=O)O)NC(=O)c2ccc(N3CCCN(C(=O)c4cccnc4)CC3)c(N)c2)cc1. The molecule has 0 aliphatic carbocycles. The Hall–Kier alpha value is -4.40. The maximum atomic E-state index is 13.0. The Labute approximate surface area is 215 Å². The zero-order chi connectivity index (χ0) is 26.4. The molecule has 1 aromatic heterocycles. The van der Waals surface area contributed by atoms with Crippen molar-refractivity contribution >= 4 is 29.2 Å². The van der Waals surface area contributed by atoms with Crippen molar-refractivity contribution in [2.45, 2.75) is 25.8 Å². The Morgan fingerprint density at radius 2 is 1.81 bits per heavy atom. The van der Waals surface area contributed by atoms with Crippen molar-refractivity contribution in [2.75, 3.05) is 36.8 Å². The Morgan fingerprint density at radius 3 is 2.49 bits per heavy atom.